The molecule has 0 spiro atoms. The van der Waals surface area contributed by atoms with Crippen LogP contribution in [0.1, 0.15) is 45.5 Å². The zero-order valence-electron chi connectivity index (χ0n) is 14.7. The largest absolute Gasteiger partial charge is 0.453 e. The zero-order chi connectivity index (χ0) is 19.6. The van der Waals surface area contributed by atoms with Crippen LogP contribution in [0.15, 0.2) is 42.7 Å². The van der Waals surface area contributed by atoms with Crippen molar-refractivity contribution in [3.63, 3.8) is 0 Å². The highest BCUT2D eigenvalue weighted by atomic mass is 19.3. The van der Waals surface area contributed by atoms with Crippen molar-refractivity contribution in [2.75, 3.05) is 0 Å². The predicted molar refractivity (Wildman–Crippen MR) is 95.2 cm³/mol. The molecular formula is C21H21F5O. The lowest BCUT2D eigenvalue weighted by atomic mass is 9.79. The highest BCUT2D eigenvalue weighted by Crippen LogP contribution is 2.37. The molecule has 1 saturated carbocycles. The van der Waals surface area contributed by atoms with Crippen LogP contribution in [-0.2, 0) is 0 Å². The summed E-state index contributed by atoms with van der Waals surface area (Å²) >= 11 is 0. The molecule has 0 aliphatic heterocycles. The van der Waals surface area contributed by atoms with E-state index in [4.69, 9.17) is 0 Å². The van der Waals surface area contributed by atoms with E-state index in [2.05, 4.69) is 11.7 Å². The molecule has 1 nitrogen and oxygen atoms in total. The van der Waals surface area contributed by atoms with E-state index < -0.39 is 29.3 Å². The van der Waals surface area contributed by atoms with Gasteiger partial charge in [0, 0.05) is 6.99 Å². The van der Waals surface area contributed by atoms with Crippen LogP contribution in [-0.4, -0.2) is 0 Å². The molecule has 1 fully saturated rings. The molecule has 0 atom stereocenters. The van der Waals surface area contributed by atoms with Crippen molar-refractivity contribution in [1.82, 2.24) is 0 Å². The van der Waals surface area contributed by atoms with E-state index >= 15 is 0 Å². The summed E-state index contributed by atoms with van der Waals surface area (Å²) in [5.74, 6) is -2.94. The molecule has 0 heterocycles. The Balaban J connectivity index is 0.00000280. The summed E-state index contributed by atoms with van der Waals surface area (Å²) in [5, 5.41) is 0. The zero-order valence-corrected chi connectivity index (χ0v) is 14.7. The molecule has 1 aliphatic rings. The Bertz CT molecular complexity index is 833. The number of rotatable bonds is 4. The molecule has 0 amide bonds. The van der Waals surface area contributed by atoms with Crippen molar-refractivity contribution in [3.8, 4) is 16.9 Å². The highest BCUT2D eigenvalue weighted by Gasteiger charge is 2.21. The molecule has 0 radical (unpaired) electrons. The fraction of sp³-hybridized carbons (Fsp3) is 0.333. The smallest absolute Gasteiger partial charge is 0.305 e. The van der Waals surface area contributed by atoms with Crippen LogP contribution in [0.3, 0.4) is 0 Å². The molecule has 0 N–H and O–H groups in total. The normalized spacial score (nSPS) is 19.6. The first-order valence-electron chi connectivity index (χ1n) is 8.82. The fourth-order valence-electron chi connectivity index (χ4n) is 3.54. The molecule has 146 valence electrons. The van der Waals surface area contributed by atoms with Crippen molar-refractivity contribution in [2.45, 2.75) is 38.5 Å². The van der Waals surface area contributed by atoms with Crippen molar-refractivity contribution in [1.29, 1.82) is 0 Å². The third kappa shape index (κ3) is 4.49. The van der Waals surface area contributed by atoms with Gasteiger partial charge < -0.3 is 4.74 Å². The standard InChI is InChI=1S/C21H19F5O.H2/c1-12-2-4-13(5-3-12)14-6-7-16(17(22)8-14)15-9-18(23)21(19(24)10-15)27-11-20(25)26;/h6-13H,2-5H2,1H3;1H. The first-order chi connectivity index (χ1) is 12.8. The molecule has 0 saturated heterocycles. The van der Waals surface area contributed by atoms with Crippen molar-refractivity contribution in [3.05, 3.63) is 65.7 Å². The lowest BCUT2D eigenvalue weighted by molar-refractivity contribution is 0.344. The van der Waals surface area contributed by atoms with Crippen LogP contribution in [0.4, 0.5) is 22.0 Å². The first-order valence-corrected chi connectivity index (χ1v) is 8.82. The van der Waals surface area contributed by atoms with Gasteiger partial charge in [0.25, 0.3) is 0 Å². The Morgan fingerprint density at radius 2 is 1.59 bits per heavy atom. The molecule has 0 aromatic heterocycles. The Kier molecular flexibility index (Phi) is 5.82. The number of halogens is 5. The van der Waals surface area contributed by atoms with E-state index in [1.807, 2.05) is 0 Å². The Morgan fingerprint density at radius 1 is 0.963 bits per heavy atom. The summed E-state index contributed by atoms with van der Waals surface area (Å²) in [6.07, 6.45) is 1.90. The molecular weight excluding hydrogens is 363 g/mol. The Morgan fingerprint density at radius 3 is 2.15 bits per heavy atom. The summed E-state index contributed by atoms with van der Waals surface area (Å²) in [6.45, 7) is 2.20. The van der Waals surface area contributed by atoms with Gasteiger partial charge in [-0.05, 0) is 54.0 Å². The molecule has 0 unspecified atom stereocenters. The SMILES string of the molecule is CC1CCC(c2ccc(-c3cc(F)c(OC=C(F)F)c(F)c3)c(F)c2)CC1.[HH]. The topological polar surface area (TPSA) is 9.23 Å². The van der Waals surface area contributed by atoms with Gasteiger partial charge in [-0.2, -0.15) is 8.78 Å². The van der Waals surface area contributed by atoms with E-state index in [1.54, 1.807) is 6.07 Å². The minimum atomic E-state index is -2.23. The van der Waals surface area contributed by atoms with Crippen LogP contribution in [0, 0.1) is 23.4 Å². The monoisotopic (exact) mass is 384 g/mol. The number of hydrogen-bond donors (Lipinski definition) is 0. The van der Waals surface area contributed by atoms with E-state index in [0.29, 0.717) is 5.92 Å². The Labute approximate surface area is 156 Å². The highest BCUT2D eigenvalue weighted by molar-refractivity contribution is 5.66. The number of ether oxygens (including phenoxy) is 1. The summed E-state index contributed by atoms with van der Waals surface area (Å²) in [7, 11) is 0. The number of benzene rings is 2. The van der Waals surface area contributed by atoms with Gasteiger partial charge in [0.05, 0.1) is 0 Å². The van der Waals surface area contributed by atoms with Gasteiger partial charge in [-0.1, -0.05) is 31.9 Å². The van der Waals surface area contributed by atoms with E-state index in [0.717, 1.165) is 43.4 Å². The second-order valence-corrected chi connectivity index (χ2v) is 6.99. The lowest BCUT2D eigenvalue weighted by Gasteiger charge is -2.26. The van der Waals surface area contributed by atoms with Gasteiger partial charge in [0.2, 0.25) is 0 Å². The molecule has 27 heavy (non-hydrogen) atoms. The minimum Gasteiger partial charge on any atom is -0.453 e. The van der Waals surface area contributed by atoms with Crippen molar-refractivity contribution >= 4 is 0 Å². The van der Waals surface area contributed by atoms with E-state index in [9.17, 15) is 22.0 Å². The second-order valence-electron chi connectivity index (χ2n) is 6.99. The molecule has 2 aromatic carbocycles. The van der Waals surface area contributed by atoms with Crippen LogP contribution in [0.25, 0.3) is 11.1 Å². The summed E-state index contributed by atoms with van der Waals surface area (Å²) in [6, 6.07) is 6.42. The average Bonchev–Trinajstić information content (AvgIpc) is 2.61. The number of hydrogen-bond acceptors (Lipinski definition) is 1. The van der Waals surface area contributed by atoms with Gasteiger partial charge in [-0.3, -0.25) is 0 Å². The fourth-order valence-corrected chi connectivity index (χ4v) is 3.54. The van der Waals surface area contributed by atoms with Gasteiger partial charge in [-0.25, -0.2) is 13.2 Å². The average molecular weight is 384 g/mol. The van der Waals surface area contributed by atoms with E-state index in [-0.39, 0.29) is 24.7 Å². The van der Waals surface area contributed by atoms with Crippen molar-refractivity contribution < 1.29 is 28.1 Å². The molecule has 2 aromatic rings. The van der Waals surface area contributed by atoms with Gasteiger partial charge in [0.1, 0.15) is 5.82 Å². The van der Waals surface area contributed by atoms with Gasteiger partial charge in [-0.15, -0.1) is 0 Å². The molecule has 3 rings (SSSR count). The first kappa shape index (κ1) is 19.4. The maximum Gasteiger partial charge on any atom is 0.305 e. The summed E-state index contributed by atoms with van der Waals surface area (Å²) < 4.78 is 71.0. The van der Waals surface area contributed by atoms with Gasteiger partial charge in [0.15, 0.2) is 23.6 Å². The third-order valence-corrected chi connectivity index (χ3v) is 5.06. The van der Waals surface area contributed by atoms with Crippen LogP contribution in [0.2, 0.25) is 0 Å². The molecule has 6 heteroatoms. The van der Waals surface area contributed by atoms with Crippen molar-refractivity contribution in [2.24, 2.45) is 5.92 Å². The maximum absolute atomic E-state index is 14.6. The third-order valence-electron chi connectivity index (χ3n) is 5.06. The molecule has 1 aliphatic carbocycles. The summed E-state index contributed by atoms with van der Waals surface area (Å²) in [4.78, 5) is 0. The molecule has 0 bridgehead atoms. The quantitative estimate of drug-likeness (QED) is 0.393. The summed E-state index contributed by atoms with van der Waals surface area (Å²) in [5.41, 5.74) is 0.899. The predicted octanol–water partition coefficient (Wildman–Crippen LogP) is 7.43. The van der Waals surface area contributed by atoms with Gasteiger partial charge >= 0.3 is 6.08 Å². The Hall–Kier alpha value is -2.37. The minimum absolute atomic E-state index is 0. The van der Waals surface area contributed by atoms with Crippen LogP contribution in [0.5, 0.6) is 5.75 Å². The van der Waals surface area contributed by atoms with E-state index in [1.165, 1.54) is 12.1 Å². The van der Waals surface area contributed by atoms with Crippen LogP contribution >= 0.6 is 0 Å². The van der Waals surface area contributed by atoms with Crippen LogP contribution < -0.4 is 4.74 Å². The maximum atomic E-state index is 14.6. The second kappa shape index (κ2) is 8.11. The lowest BCUT2D eigenvalue weighted by Crippen LogP contribution is -2.11.